The highest BCUT2D eigenvalue weighted by Crippen LogP contribution is 2.19. The molecule has 0 rings (SSSR count). The Morgan fingerprint density at radius 2 is 0.633 bits per heavy atom. The van der Waals surface area contributed by atoms with Gasteiger partial charge in [0.05, 0.1) is 25.4 Å². The van der Waals surface area contributed by atoms with E-state index in [9.17, 15) is 19.8 Å². The number of ether oxygens (including phenoxy) is 1. The monoisotopic (exact) mass is 1110 g/mol. The van der Waals surface area contributed by atoms with Crippen molar-refractivity contribution in [3.05, 3.63) is 36.5 Å². The number of aliphatic hydroxyl groups excluding tert-OH is 2. The van der Waals surface area contributed by atoms with Gasteiger partial charge in [0, 0.05) is 12.8 Å². The largest absolute Gasteiger partial charge is 0.466 e. The standard InChI is InChI=1S/C73H139NO5/c1-3-5-7-9-11-13-15-16-40-44-47-51-55-59-63-67-73(78)79-68-64-60-56-52-48-45-42-39-37-35-33-31-29-27-25-23-21-19-17-18-20-22-24-26-28-30-32-34-36-38-41-43-46-50-54-58-62-66-72(77)74-70(69-75)71(76)65-61-57-53-49-14-12-10-8-6-4-2/h11,13,16,40,61,65,70-71,75-76H,3-10,12,14-15,17-39,41-60,62-64,66-69H2,1-2H3,(H,74,77)/b13-11-,40-16-,65-61+. The zero-order valence-corrected chi connectivity index (χ0v) is 53.4. The SMILES string of the molecule is CCCCC/C=C\C/C=C\CCCCCCCC(=O)OCCCCCCCCCCCCCCCCCCCCCCCCCCCCCCCCCCCCCCCC(=O)NC(CO)C(O)/C=C/CCCCCCCCCC. The van der Waals surface area contributed by atoms with Crippen LogP contribution in [0.5, 0.6) is 0 Å². The van der Waals surface area contributed by atoms with Crippen molar-refractivity contribution in [3.8, 4) is 0 Å². The lowest BCUT2D eigenvalue weighted by atomic mass is 10.0. The minimum absolute atomic E-state index is 0.00928. The molecule has 3 N–H and O–H groups in total. The third-order valence-corrected chi connectivity index (χ3v) is 16.7. The average Bonchev–Trinajstić information content (AvgIpc) is 3.45. The second kappa shape index (κ2) is 68.6. The number of allylic oxidation sites excluding steroid dienone is 5. The lowest BCUT2D eigenvalue weighted by Gasteiger charge is -2.20. The van der Waals surface area contributed by atoms with Crippen LogP contribution in [0.3, 0.4) is 0 Å². The molecular weight excluding hydrogens is 971 g/mol. The van der Waals surface area contributed by atoms with Crippen molar-refractivity contribution in [1.29, 1.82) is 0 Å². The van der Waals surface area contributed by atoms with Gasteiger partial charge in [0.1, 0.15) is 0 Å². The van der Waals surface area contributed by atoms with Crippen LogP contribution in [-0.2, 0) is 14.3 Å². The first-order chi connectivity index (χ1) is 39.0. The van der Waals surface area contributed by atoms with Crippen molar-refractivity contribution in [2.45, 2.75) is 405 Å². The number of hydrogen-bond donors (Lipinski definition) is 3. The molecule has 0 aromatic carbocycles. The van der Waals surface area contributed by atoms with Gasteiger partial charge in [-0.15, -0.1) is 0 Å². The third kappa shape index (κ3) is 65.1. The number of carbonyl (C=O) groups is 2. The summed E-state index contributed by atoms with van der Waals surface area (Å²) in [6, 6.07) is -0.621. The number of hydrogen-bond acceptors (Lipinski definition) is 5. The van der Waals surface area contributed by atoms with Crippen molar-refractivity contribution in [2.75, 3.05) is 13.2 Å². The fraction of sp³-hybridized carbons (Fsp3) is 0.890. The molecule has 0 saturated carbocycles. The molecule has 0 saturated heterocycles. The van der Waals surface area contributed by atoms with Crippen LogP contribution in [0.15, 0.2) is 36.5 Å². The minimum Gasteiger partial charge on any atom is -0.466 e. The van der Waals surface area contributed by atoms with E-state index in [0.717, 1.165) is 51.4 Å². The number of nitrogens with one attached hydrogen (secondary N) is 1. The van der Waals surface area contributed by atoms with Gasteiger partial charge in [0.25, 0.3) is 0 Å². The molecule has 1 amide bonds. The van der Waals surface area contributed by atoms with Gasteiger partial charge >= 0.3 is 5.97 Å². The molecule has 6 heteroatoms. The van der Waals surface area contributed by atoms with Crippen molar-refractivity contribution >= 4 is 11.9 Å². The van der Waals surface area contributed by atoms with E-state index in [4.69, 9.17) is 4.74 Å². The highest BCUT2D eigenvalue weighted by molar-refractivity contribution is 5.76. The van der Waals surface area contributed by atoms with Gasteiger partial charge in [-0.2, -0.15) is 0 Å². The van der Waals surface area contributed by atoms with E-state index in [1.807, 2.05) is 6.08 Å². The van der Waals surface area contributed by atoms with Crippen LogP contribution < -0.4 is 5.32 Å². The van der Waals surface area contributed by atoms with Gasteiger partial charge in [0.15, 0.2) is 0 Å². The normalized spacial score (nSPS) is 12.7. The van der Waals surface area contributed by atoms with Crippen LogP contribution in [0.4, 0.5) is 0 Å². The molecule has 0 bridgehead atoms. The molecule has 0 aromatic rings. The van der Waals surface area contributed by atoms with Crippen LogP contribution in [0.25, 0.3) is 0 Å². The van der Waals surface area contributed by atoms with E-state index >= 15 is 0 Å². The smallest absolute Gasteiger partial charge is 0.305 e. The molecule has 2 unspecified atom stereocenters. The summed E-state index contributed by atoms with van der Waals surface area (Å²) < 4.78 is 5.49. The average molecular weight is 1110 g/mol. The Morgan fingerprint density at radius 3 is 0.987 bits per heavy atom. The van der Waals surface area contributed by atoms with Gasteiger partial charge < -0.3 is 20.3 Å². The molecule has 79 heavy (non-hydrogen) atoms. The summed E-state index contributed by atoms with van der Waals surface area (Å²) in [5.41, 5.74) is 0. The summed E-state index contributed by atoms with van der Waals surface area (Å²) >= 11 is 0. The first kappa shape index (κ1) is 77.1. The molecule has 2 atom stereocenters. The van der Waals surface area contributed by atoms with Gasteiger partial charge in [0.2, 0.25) is 5.91 Å². The van der Waals surface area contributed by atoms with E-state index in [0.29, 0.717) is 19.4 Å². The highest BCUT2D eigenvalue weighted by atomic mass is 16.5. The molecule has 0 aliphatic rings. The Hall–Kier alpha value is -1.92. The summed E-state index contributed by atoms with van der Waals surface area (Å²) in [5.74, 6) is -0.0535. The number of carbonyl (C=O) groups excluding carboxylic acids is 2. The van der Waals surface area contributed by atoms with Gasteiger partial charge in [-0.1, -0.05) is 352 Å². The molecule has 0 heterocycles. The summed E-state index contributed by atoms with van der Waals surface area (Å²) in [6.45, 7) is 4.88. The van der Waals surface area contributed by atoms with Gasteiger partial charge in [-0.3, -0.25) is 9.59 Å². The van der Waals surface area contributed by atoms with Crippen LogP contribution in [0.1, 0.15) is 393 Å². The number of aliphatic hydroxyl groups is 2. The lowest BCUT2D eigenvalue weighted by molar-refractivity contribution is -0.143. The fourth-order valence-corrected chi connectivity index (χ4v) is 11.2. The number of unbranched alkanes of at least 4 members (excludes halogenated alkanes) is 52. The number of rotatable bonds is 67. The maximum Gasteiger partial charge on any atom is 0.305 e. The van der Waals surface area contributed by atoms with E-state index in [1.54, 1.807) is 6.08 Å². The van der Waals surface area contributed by atoms with Gasteiger partial charge in [-0.25, -0.2) is 0 Å². The summed E-state index contributed by atoms with van der Waals surface area (Å²) in [4.78, 5) is 24.5. The lowest BCUT2D eigenvalue weighted by Crippen LogP contribution is -2.45. The zero-order valence-electron chi connectivity index (χ0n) is 53.4. The highest BCUT2D eigenvalue weighted by Gasteiger charge is 2.18. The summed E-state index contributed by atoms with van der Waals surface area (Å²) in [5, 5.41) is 23.0. The summed E-state index contributed by atoms with van der Waals surface area (Å²) in [6.07, 6.45) is 88.3. The van der Waals surface area contributed by atoms with E-state index in [1.165, 1.54) is 315 Å². The van der Waals surface area contributed by atoms with Crippen molar-refractivity contribution in [2.24, 2.45) is 0 Å². The molecule has 0 fully saturated rings. The Balaban J connectivity index is 3.28. The van der Waals surface area contributed by atoms with Gasteiger partial charge in [-0.05, 0) is 64.2 Å². The maximum absolute atomic E-state index is 12.4. The summed E-state index contributed by atoms with van der Waals surface area (Å²) in [7, 11) is 0. The zero-order chi connectivity index (χ0) is 57.1. The maximum atomic E-state index is 12.4. The Labute approximate surface area is 494 Å². The predicted molar refractivity (Wildman–Crippen MR) is 347 cm³/mol. The van der Waals surface area contributed by atoms with Crippen molar-refractivity contribution in [3.63, 3.8) is 0 Å². The van der Waals surface area contributed by atoms with Crippen LogP contribution in [0.2, 0.25) is 0 Å². The van der Waals surface area contributed by atoms with Crippen molar-refractivity contribution in [1.82, 2.24) is 5.32 Å². The molecule has 6 nitrogen and oxygen atoms in total. The molecular formula is C73H139NO5. The Morgan fingerprint density at radius 1 is 0.354 bits per heavy atom. The number of esters is 1. The predicted octanol–water partition coefficient (Wildman–Crippen LogP) is 23.1. The molecule has 0 aliphatic carbocycles. The van der Waals surface area contributed by atoms with E-state index in [2.05, 4.69) is 43.5 Å². The van der Waals surface area contributed by atoms with Crippen molar-refractivity contribution < 1.29 is 24.5 Å². The first-order valence-electron chi connectivity index (χ1n) is 35.8. The van der Waals surface area contributed by atoms with Crippen LogP contribution in [0, 0.1) is 0 Å². The molecule has 0 radical (unpaired) electrons. The molecule has 0 aliphatic heterocycles. The Bertz CT molecular complexity index is 1280. The van der Waals surface area contributed by atoms with E-state index in [-0.39, 0.29) is 18.5 Å². The second-order valence-corrected chi connectivity index (χ2v) is 24.6. The van der Waals surface area contributed by atoms with Crippen LogP contribution >= 0.6 is 0 Å². The topological polar surface area (TPSA) is 95.9 Å². The first-order valence-corrected chi connectivity index (χ1v) is 35.8. The second-order valence-electron chi connectivity index (χ2n) is 24.6. The van der Waals surface area contributed by atoms with E-state index < -0.39 is 12.1 Å². The third-order valence-electron chi connectivity index (χ3n) is 16.7. The molecule has 0 aromatic heterocycles. The minimum atomic E-state index is -0.838. The van der Waals surface area contributed by atoms with Crippen LogP contribution in [-0.4, -0.2) is 47.4 Å². The number of amides is 1. The Kier molecular flexibility index (Phi) is 66.9. The quantitative estimate of drug-likeness (QED) is 0.0320. The molecule has 0 spiro atoms. The molecule has 466 valence electrons. The fourth-order valence-electron chi connectivity index (χ4n) is 11.2.